The minimum Gasteiger partial charge on any atom is -0.394 e. The van der Waals surface area contributed by atoms with Gasteiger partial charge in [0.05, 0.1) is 32.0 Å². The summed E-state index contributed by atoms with van der Waals surface area (Å²) in [4.78, 5) is 0. The maximum Gasteiger partial charge on any atom is 0.189 e. The van der Waals surface area contributed by atoms with Crippen LogP contribution in [0.15, 0.2) is 11.6 Å². The van der Waals surface area contributed by atoms with Gasteiger partial charge in [0.25, 0.3) is 0 Å². The Balaban J connectivity index is 0.885. The zero-order valence-corrected chi connectivity index (χ0v) is 36.6. The summed E-state index contributed by atoms with van der Waals surface area (Å²) < 4.78 is 41.3. The molecule has 8 aliphatic rings. The Kier molecular flexibility index (Phi) is 14.2. The molecule has 12 N–H and O–H groups in total. The van der Waals surface area contributed by atoms with E-state index in [1.165, 1.54) is 5.57 Å². The molecular weight excluding hydrogens is 832 g/mol. The molecule has 0 amide bonds. The van der Waals surface area contributed by atoms with Crippen molar-refractivity contribution in [2.24, 2.45) is 46.3 Å². The molecule has 19 heteroatoms. The van der Waals surface area contributed by atoms with Crippen LogP contribution in [0.4, 0.5) is 0 Å². The molecule has 0 aromatic carbocycles. The minimum absolute atomic E-state index is 0.0304. The van der Waals surface area contributed by atoms with Crippen molar-refractivity contribution in [2.75, 3.05) is 19.8 Å². The first-order chi connectivity index (χ1) is 29.8. The zero-order valence-electron chi connectivity index (χ0n) is 36.6. The molecule has 4 aliphatic carbocycles. The summed E-state index contributed by atoms with van der Waals surface area (Å²) in [6.07, 6.45) is -14.3. The Hall–Kier alpha value is -1.02. The first-order valence-electron chi connectivity index (χ1n) is 23.1. The third-order valence-corrected chi connectivity index (χ3v) is 17.1. The van der Waals surface area contributed by atoms with Crippen LogP contribution in [0.1, 0.15) is 85.5 Å². The fourth-order valence-electron chi connectivity index (χ4n) is 13.3. The van der Waals surface area contributed by atoms with Gasteiger partial charge in [-0.05, 0) is 91.8 Å². The fourth-order valence-corrected chi connectivity index (χ4v) is 13.3. The Morgan fingerprint density at radius 2 is 1.40 bits per heavy atom. The van der Waals surface area contributed by atoms with Gasteiger partial charge in [-0.25, -0.2) is 0 Å². The third kappa shape index (κ3) is 8.50. The van der Waals surface area contributed by atoms with Crippen LogP contribution >= 0.6 is 0 Å². The molecule has 8 rings (SSSR count). The molecule has 0 aromatic heterocycles. The van der Waals surface area contributed by atoms with Crippen LogP contribution in [-0.4, -0.2) is 191 Å². The molecule has 4 heterocycles. The van der Waals surface area contributed by atoms with Crippen molar-refractivity contribution in [3.05, 3.63) is 11.6 Å². The normalized spacial score (nSPS) is 55.0. The molecule has 0 spiro atoms. The Morgan fingerprint density at radius 1 is 0.746 bits per heavy atom. The second-order valence-electron chi connectivity index (χ2n) is 20.7. The predicted octanol–water partition coefficient (Wildman–Crippen LogP) is -1.90. The van der Waals surface area contributed by atoms with Gasteiger partial charge in [-0.1, -0.05) is 39.3 Å². The summed E-state index contributed by atoms with van der Waals surface area (Å²) in [6, 6.07) is 0. The quantitative estimate of drug-likeness (QED) is 0.0952. The smallest absolute Gasteiger partial charge is 0.189 e. The van der Waals surface area contributed by atoms with Crippen LogP contribution in [0.25, 0.3) is 0 Å². The number of allylic oxidation sites excluding steroid dienone is 1. The molecule has 4 saturated heterocycles. The number of ether oxygens (including phenoxy) is 7. The lowest BCUT2D eigenvalue weighted by molar-refractivity contribution is -0.388. The van der Waals surface area contributed by atoms with Gasteiger partial charge in [0.1, 0.15) is 67.1 Å². The van der Waals surface area contributed by atoms with Gasteiger partial charge in [-0.2, -0.15) is 0 Å². The summed E-state index contributed by atoms with van der Waals surface area (Å²) in [5.41, 5.74) is 1.16. The van der Waals surface area contributed by atoms with Crippen molar-refractivity contribution in [1.82, 2.24) is 0 Å². The first kappa shape index (κ1) is 48.4. The van der Waals surface area contributed by atoms with Gasteiger partial charge in [0, 0.05) is 12.3 Å². The number of fused-ring (bicyclic) bond motifs is 7. The number of aliphatic hydroxyl groups excluding tert-OH is 11. The van der Waals surface area contributed by atoms with Crippen LogP contribution < -0.4 is 0 Å². The van der Waals surface area contributed by atoms with Gasteiger partial charge >= 0.3 is 0 Å². The number of rotatable bonds is 12. The largest absolute Gasteiger partial charge is 0.394 e. The average molecular weight is 905 g/mol. The second-order valence-corrected chi connectivity index (χ2v) is 20.7. The predicted molar refractivity (Wildman–Crippen MR) is 214 cm³/mol. The standard InChI is InChI=1S/C44H72O19/c1-18(17-57-39-35(53)31(49)29(47)26(15-45)59-39)7-12-44(56)19(2)28-25(63-44)14-24-22-6-5-20-13-21(8-10-42(20,3)23(22)9-11-43(24,28)4)58-41-37(33(51)30(48)27(16-46)60-41)61-40-36(54)32(50)34(52)38(55)62-40/h5,18-19,21-41,45-56H,6-17H2,1-4H3. The second kappa shape index (κ2) is 18.5. The van der Waals surface area contributed by atoms with Gasteiger partial charge in [0.2, 0.25) is 0 Å². The molecule has 7 fully saturated rings. The van der Waals surface area contributed by atoms with Crippen LogP contribution in [0.2, 0.25) is 0 Å². The molecule has 3 saturated carbocycles. The third-order valence-electron chi connectivity index (χ3n) is 17.1. The van der Waals surface area contributed by atoms with Crippen LogP contribution in [0.3, 0.4) is 0 Å². The highest BCUT2D eigenvalue weighted by molar-refractivity contribution is 5.26. The molecule has 19 nitrogen and oxygen atoms in total. The highest BCUT2D eigenvalue weighted by Gasteiger charge is 2.68. The number of hydrogen-bond donors (Lipinski definition) is 12. The molecular formula is C44H72O19. The molecule has 63 heavy (non-hydrogen) atoms. The van der Waals surface area contributed by atoms with E-state index in [0.717, 1.165) is 32.1 Å². The lowest BCUT2D eigenvalue weighted by atomic mass is 9.47. The summed E-state index contributed by atoms with van der Waals surface area (Å²) >= 11 is 0. The van der Waals surface area contributed by atoms with E-state index < -0.39 is 111 Å². The van der Waals surface area contributed by atoms with Crippen LogP contribution in [-0.2, 0) is 33.2 Å². The molecule has 26 unspecified atom stereocenters. The summed E-state index contributed by atoms with van der Waals surface area (Å²) in [5, 5.41) is 125. The van der Waals surface area contributed by atoms with Crippen molar-refractivity contribution < 1.29 is 94.4 Å². The van der Waals surface area contributed by atoms with E-state index >= 15 is 0 Å². The zero-order chi connectivity index (χ0) is 45.5. The van der Waals surface area contributed by atoms with Gasteiger partial charge in [-0.15, -0.1) is 0 Å². The highest BCUT2D eigenvalue weighted by atomic mass is 16.8. The van der Waals surface area contributed by atoms with Crippen molar-refractivity contribution in [3.63, 3.8) is 0 Å². The van der Waals surface area contributed by atoms with Crippen LogP contribution in [0, 0.1) is 46.3 Å². The van der Waals surface area contributed by atoms with Crippen molar-refractivity contribution >= 4 is 0 Å². The number of hydrogen-bond acceptors (Lipinski definition) is 19. The summed E-state index contributed by atoms with van der Waals surface area (Å²) in [7, 11) is 0. The summed E-state index contributed by atoms with van der Waals surface area (Å²) in [6.45, 7) is 7.81. The maximum absolute atomic E-state index is 12.0. The molecule has 0 bridgehead atoms. The van der Waals surface area contributed by atoms with Crippen molar-refractivity contribution in [2.45, 2.75) is 196 Å². The molecule has 26 atom stereocenters. The Labute approximate surface area is 367 Å². The van der Waals surface area contributed by atoms with E-state index in [1.807, 2.05) is 6.92 Å². The van der Waals surface area contributed by atoms with Gasteiger partial charge < -0.3 is 94.4 Å². The van der Waals surface area contributed by atoms with E-state index in [-0.39, 0.29) is 47.4 Å². The molecule has 4 aliphatic heterocycles. The van der Waals surface area contributed by atoms with E-state index in [4.69, 9.17) is 33.2 Å². The van der Waals surface area contributed by atoms with Crippen LogP contribution in [0.5, 0.6) is 0 Å². The fraction of sp³-hybridized carbons (Fsp3) is 0.955. The number of aliphatic hydroxyl groups is 12. The van der Waals surface area contributed by atoms with Gasteiger partial charge in [-0.3, -0.25) is 0 Å². The highest BCUT2D eigenvalue weighted by Crippen LogP contribution is 2.70. The topological polar surface area (TPSA) is 307 Å². The van der Waals surface area contributed by atoms with E-state index in [0.29, 0.717) is 43.4 Å². The monoisotopic (exact) mass is 904 g/mol. The molecule has 0 radical (unpaired) electrons. The summed E-state index contributed by atoms with van der Waals surface area (Å²) in [5.74, 6) is -0.0568. The van der Waals surface area contributed by atoms with E-state index in [1.54, 1.807) is 0 Å². The lowest BCUT2D eigenvalue weighted by Crippen LogP contribution is -2.64. The Morgan fingerprint density at radius 3 is 2.10 bits per heavy atom. The van der Waals surface area contributed by atoms with Gasteiger partial charge in [0.15, 0.2) is 30.9 Å². The molecule has 362 valence electrons. The first-order valence-corrected chi connectivity index (χ1v) is 23.1. The lowest BCUT2D eigenvalue weighted by Gasteiger charge is -2.58. The van der Waals surface area contributed by atoms with Crippen molar-refractivity contribution in [1.29, 1.82) is 0 Å². The van der Waals surface area contributed by atoms with E-state index in [2.05, 4.69) is 26.8 Å². The SMILES string of the molecule is CC(CCC1(O)OC2CC3C4CC=C5CC(OC6OC(CO)C(O)C(O)C6OC6OC(O)C(O)C(O)C6O)CCC5(C)C4CCC3(C)C2C1C)COC1OC(CO)C(O)C(O)C1O. The average Bonchev–Trinajstić information content (AvgIpc) is 3.70. The van der Waals surface area contributed by atoms with Crippen molar-refractivity contribution in [3.8, 4) is 0 Å². The Bertz CT molecular complexity index is 1610. The minimum atomic E-state index is -1.89. The van der Waals surface area contributed by atoms with E-state index in [9.17, 15) is 61.3 Å². The maximum atomic E-state index is 12.0. The molecule has 0 aromatic rings.